The SMILES string of the molecule is Cc1ccccc1N1CC=CCC1. The van der Waals surface area contributed by atoms with Gasteiger partial charge in [0, 0.05) is 18.8 Å². The van der Waals surface area contributed by atoms with Crippen LogP contribution in [0.5, 0.6) is 0 Å². The second-order valence-corrected chi connectivity index (χ2v) is 3.49. The molecule has 1 aliphatic heterocycles. The molecule has 1 heteroatoms. The van der Waals surface area contributed by atoms with Crippen LogP contribution < -0.4 is 4.90 Å². The average molecular weight is 173 g/mol. The maximum absolute atomic E-state index is 2.43. The van der Waals surface area contributed by atoms with E-state index in [9.17, 15) is 0 Å². The molecule has 0 spiro atoms. The van der Waals surface area contributed by atoms with E-state index < -0.39 is 0 Å². The molecular weight excluding hydrogens is 158 g/mol. The number of para-hydroxylation sites is 1. The number of rotatable bonds is 1. The van der Waals surface area contributed by atoms with E-state index in [1.54, 1.807) is 0 Å². The van der Waals surface area contributed by atoms with E-state index in [4.69, 9.17) is 0 Å². The summed E-state index contributed by atoms with van der Waals surface area (Å²) in [5.41, 5.74) is 2.75. The van der Waals surface area contributed by atoms with Crippen LogP contribution in [0.1, 0.15) is 12.0 Å². The first-order chi connectivity index (χ1) is 6.38. The molecule has 0 saturated carbocycles. The normalized spacial score (nSPS) is 16.2. The second-order valence-electron chi connectivity index (χ2n) is 3.49. The number of hydrogen-bond donors (Lipinski definition) is 0. The minimum atomic E-state index is 1.06. The van der Waals surface area contributed by atoms with Gasteiger partial charge in [-0.05, 0) is 25.0 Å². The van der Waals surface area contributed by atoms with Crippen molar-refractivity contribution in [3.05, 3.63) is 42.0 Å². The van der Waals surface area contributed by atoms with Gasteiger partial charge in [0.1, 0.15) is 0 Å². The van der Waals surface area contributed by atoms with Crippen LogP contribution in [0.25, 0.3) is 0 Å². The Balaban J connectivity index is 2.24. The Labute approximate surface area is 79.7 Å². The van der Waals surface area contributed by atoms with Crippen LogP contribution >= 0.6 is 0 Å². The third-order valence-electron chi connectivity index (χ3n) is 2.51. The fourth-order valence-electron chi connectivity index (χ4n) is 1.78. The summed E-state index contributed by atoms with van der Waals surface area (Å²) in [5.74, 6) is 0. The van der Waals surface area contributed by atoms with E-state index >= 15 is 0 Å². The van der Waals surface area contributed by atoms with E-state index in [0.29, 0.717) is 0 Å². The smallest absolute Gasteiger partial charge is 0.0398 e. The van der Waals surface area contributed by atoms with Crippen molar-refractivity contribution in [2.75, 3.05) is 18.0 Å². The Hall–Kier alpha value is -1.24. The standard InChI is InChI=1S/C12H15N/c1-11-7-3-4-8-12(11)13-9-5-2-6-10-13/h2-5,7-8H,6,9-10H2,1H3. The quantitative estimate of drug-likeness (QED) is 0.590. The van der Waals surface area contributed by atoms with Gasteiger partial charge in [0.05, 0.1) is 0 Å². The van der Waals surface area contributed by atoms with E-state index in [2.05, 4.69) is 48.2 Å². The van der Waals surface area contributed by atoms with E-state index in [-0.39, 0.29) is 0 Å². The lowest BCUT2D eigenvalue weighted by Crippen LogP contribution is -2.27. The second kappa shape index (κ2) is 3.65. The lowest BCUT2D eigenvalue weighted by molar-refractivity contribution is 0.818. The van der Waals surface area contributed by atoms with Crippen molar-refractivity contribution in [1.29, 1.82) is 0 Å². The van der Waals surface area contributed by atoms with Crippen molar-refractivity contribution in [1.82, 2.24) is 0 Å². The van der Waals surface area contributed by atoms with Gasteiger partial charge in [-0.2, -0.15) is 0 Å². The molecule has 0 amide bonds. The first-order valence-electron chi connectivity index (χ1n) is 4.83. The Kier molecular flexibility index (Phi) is 2.35. The average Bonchev–Trinajstić information content (AvgIpc) is 2.20. The van der Waals surface area contributed by atoms with Gasteiger partial charge in [0.2, 0.25) is 0 Å². The van der Waals surface area contributed by atoms with Crippen molar-refractivity contribution in [3.8, 4) is 0 Å². The minimum Gasteiger partial charge on any atom is -0.367 e. The maximum Gasteiger partial charge on any atom is 0.0398 e. The summed E-state index contributed by atoms with van der Waals surface area (Å²) in [6.45, 7) is 4.39. The molecule has 1 aromatic rings. The molecule has 0 aromatic heterocycles. The molecule has 0 aliphatic carbocycles. The first kappa shape index (κ1) is 8.36. The van der Waals surface area contributed by atoms with Crippen molar-refractivity contribution in [2.24, 2.45) is 0 Å². The molecule has 0 unspecified atom stereocenters. The van der Waals surface area contributed by atoms with Crippen LogP contribution in [0.15, 0.2) is 36.4 Å². The van der Waals surface area contributed by atoms with E-state index in [0.717, 1.165) is 13.1 Å². The van der Waals surface area contributed by atoms with Gasteiger partial charge in [0.25, 0.3) is 0 Å². The Morgan fingerprint density at radius 1 is 1.15 bits per heavy atom. The van der Waals surface area contributed by atoms with Crippen molar-refractivity contribution in [3.63, 3.8) is 0 Å². The predicted molar refractivity (Wildman–Crippen MR) is 57.1 cm³/mol. The molecule has 68 valence electrons. The third-order valence-corrected chi connectivity index (χ3v) is 2.51. The number of aryl methyl sites for hydroxylation is 1. The summed E-state index contributed by atoms with van der Waals surface area (Å²) in [4.78, 5) is 2.43. The zero-order chi connectivity index (χ0) is 9.10. The van der Waals surface area contributed by atoms with Crippen LogP contribution in [0.3, 0.4) is 0 Å². The summed E-state index contributed by atoms with van der Waals surface area (Å²) in [6.07, 6.45) is 5.68. The summed E-state index contributed by atoms with van der Waals surface area (Å²) in [5, 5.41) is 0. The van der Waals surface area contributed by atoms with Gasteiger partial charge < -0.3 is 4.90 Å². The molecule has 0 N–H and O–H groups in total. The molecule has 0 fully saturated rings. The fraction of sp³-hybridized carbons (Fsp3) is 0.333. The minimum absolute atomic E-state index is 1.06. The summed E-state index contributed by atoms with van der Waals surface area (Å²) < 4.78 is 0. The van der Waals surface area contributed by atoms with Gasteiger partial charge in [0.15, 0.2) is 0 Å². The Bertz CT molecular complexity index is 315. The van der Waals surface area contributed by atoms with Gasteiger partial charge >= 0.3 is 0 Å². The molecular formula is C12H15N. The highest BCUT2D eigenvalue weighted by Crippen LogP contribution is 2.20. The molecule has 2 rings (SSSR count). The lowest BCUT2D eigenvalue weighted by atomic mass is 10.1. The predicted octanol–water partition coefficient (Wildman–Crippen LogP) is 2.76. The number of anilines is 1. The number of hydrogen-bond acceptors (Lipinski definition) is 1. The summed E-state index contributed by atoms with van der Waals surface area (Å²) >= 11 is 0. The zero-order valence-electron chi connectivity index (χ0n) is 8.03. The highest BCUT2D eigenvalue weighted by Gasteiger charge is 2.08. The van der Waals surface area contributed by atoms with E-state index in [1.165, 1.54) is 17.7 Å². The molecule has 0 radical (unpaired) electrons. The summed E-state index contributed by atoms with van der Waals surface area (Å²) in [7, 11) is 0. The van der Waals surface area contributed by atoms with Crippen LogP contribution in [0, 0.1) is 6.92 Å². The molecule has 0 atom stereocenters. The molecule has 13 heavy (non-hydrogen) atoms. The topological polar surface area (TPSA) is 3.24 Å². The Morgan fingerprint density at radius 2 is 2.00 bits per heavy atom. The van der Waals surface area contributed by atoms with Gasteiger partial charge in [-0.3, -0.25) is 0 Å². The first-order valence-corrected chi connectivity index (χ1v) is 4.83. The van der Waals surface area contributed by atoms with Crippen molar-refractivity contribution in [2.45, 2.75) is 13.3 Å². The molecule has 1 heterocycles. The fourth-order valence-corrected chi connectivity index (χ4v) is 1.78. The van der Waals surface area contributed by atoms with Crippen LogP contribution in [-0.2, 0) is 0 Å². The Morgan fingerprint density at radius 3 is 2.69 bits per heavy atom. The van der Waals surface area contributed by atoms with Crippen molar-refractivity contribution >= 4 is 5.69 Å². The monoisotopic (exact) mass is 173 g/mol. The zero-order valence-corrected chi connectivity index (χ0v) is 8.03. The molecule has 1 aromatic carbocycles. The molecule has 0 saturated heterocycles. The summed E-state index contributed by atoms with van der Waals surface area (Å²) in [6, 6.07) is 8.58. The number of benzene rings is 1. The molecule has 1 nitrogen and oxygen atoms in total. The lowest BCUT2D eigenvalue weighted by Gasteiger charge is -2.27. The molecule has 0 bridgehead atoms. The van der Waals surface area contributed by atoms with Crippen molar-refractivity contribution < 1.29 is 0 Å². The van der Waals surface area contributed by atoms with Gasteiger partial charge in [-0.1, -0.05) is 30.4 Å². The van der Waals surface area contributed by atoms with Crippen LogP contribution in [-0.4, -0.2) is 13.1 Å². The highest BCUT2D eigenvalue weighted by atomic mass is 15.1. The molecule has 1 aliphatic rings. The maximum atomic E-state index is 2.43. The van der Waals surface area contributed by atoms with Crippen LogP contribution in [0.4, 0.5) is 5.69 Å². The highest BCUT2D eigenvalue weighted by molar-refractivity contribution is 5.53. The largest absolute Gasteiger partial charge is 0.367 e. The van der Waals surface area contributed by atoms with Crippen LogP contribution in [0.2, 0.25) is 0 Å². The van der Waals surface area contributed by atoms with Gasteiger partial charge in [-0.15, -0.1) is 0 Å². The number of nitrogens with zero attached hydrogens (tertiary/aromatic N) is 1. The van der Waals surface area contributed by atoms with E-state index in [1.807, 2.05) is 0 Å². The third kappa shape index (κ3) is 1.74. The van der Waals surface area contributed by atoms with Gasteiger partial charge in [-0.25, -0.2) is 0 Å².